The fraction of sp³-hybridized carbons (Fsp3) is 0.600. The number of hydrogen-bond acceptors (Lipinski definition) is 2. The summed E-state index contributed by atoms with van der Waals surface area (Å²) in [5, 5.41) is 8.12. The van der Waals surface area contributed by atoms with Crippen molar-refractivity contribution in [1.29, 1.82) is 0 Å². The van der Waals surface area contributed by atoms with Crippen LogP contribution in [0, 0.1) is 5.92 Å². The van der Waals surface area contributed by atoms with Crippen molar-refractivity contribution in [2.45, 2.75) is 44.6 Å². The van der Waals surface area contributed by atoms with Gasteiger partial charge in [0.25, 0.3) is 0 Å². The normalized spacial score (nSPS) is 20.9. The number of halogens is 2. The highest BCUT2D eigenvalue weighted by molar-refractivity contribution is 6.36. The van der Waals surface area contributed by atoms with Crippen LogP contribution in [0.1, 0.15) is 37.7 Å². The number of rotatable bonds is 5. The number of likely N-dealkylation sites (tertiary alicyclic amines) is 1. The Hall–Kier alpha value is -1.46. The van der Waals surface area contributed by atoms with Gasteiger partial charge in [-0.2, -0.15) is 0 Å². The second-order valence-electron chi connectivity index (χ2n) is 7.34. The lowest BCUT2D eigenvalue weighted by atomic mass is 10.1. The Morgan fingerprint density at radius 2 is 1.93 bits per heavy atom. The predicted octanol–water partition coefficient (Wildman–Crippen LogP) is 3.49. The molecule has 2 fully saturated rings. The Labute approximate surface area is 171 Å². The van der Waals surface area contributed by atoms with Gasteiger partial charge in [0.1, 0.15) is 0 Å². The highest BCUT2D eigenvalue weighted by Crippen LogP contribution is 2.28. The fourth-order valence-electron chi connectivity index (χ4n) is 3.97. The molecule has 1 aromatic rings. The standard InChI is InChI=1S/C20H28Cl2N4O/c1-23-20(24-11-9-16-17(21)7-4-8-18(16)22)25-15-10-12-26(13-15)19(27)14-5-2-3-6-14/h4,7-8,14-15H,2-3,5-6,9-13H2,1H3,(H2,23,24,25). The summed E-state index contributed by atoms with van der Waals surface area (Å²) >= 11 is 12.4. The molecule has 1 saturated heterocycles. The molecule has 5 nitrogen and oxygen atoms in total. The molecule has 1 atom stereocenters. The van der Waals surface area contributed by atoms with E-state index in [9.17, 15) is 4.79 Å². The number of guanidine groups is 1. The lowest BCUT2D eigenvalue weighted by Gasteiger charge is -2.21. The van der Waals surface area contributed by atoms with Crippen molar-refractivity contribution in [2.75, 3.05) is 26.7 Å². The third-order valence-electron chi connectivity index (χ3n) is 5.50. The van der Waals surface area contributed by atoms with Crippen LogP contribution in [0.15, 0.2) is 23.2 Å². The number of nitrogens with one attached hydrogen (secondary N) is 2. The highest BCUT2D eigenvalue weighted by Gasteiger charge is 2.32. The Morgan fingerprint density at radius 1 is 1.22 bits per heavy atom. The SMILES string of the molecule is CN=C(NCCc1c(Cl)cccc1Cl)NC1CCN(C(=O)C2CCCC2)C1. The van der Waals surface area contributed by atoms with E-state index in [0.717, 1.165) is 50.3 Å². The monoisotopic (exact) mass is 410 g/mol. The van der Waals surface area contributed by atoms with Gasteiger partial charge >= 0.3 is 0 Å². The molecule has 1 aliphatic heterocycles. The molecule has 1 aliphatic carbocycles. The number of carbonyl (C=O) groups is 1. The van der Waals surface area contributed by atoms with Crippen LogP contribution in [-0.2, 0) is 11.2 Å². The molecule has 1 unspecified atom stereocenters. The largest absolute Gasteiger partial charge is 0.356 e. The van der Waals surface area contributed by atoms with Crippen molar-refractivity contribution in [2.24, 2.45) is 10.9 Å². The van der Waals surface area contributed by atoms with E-state index >= 15 is 0 Å². The number of amides is 1. The van der Waals surface area contributed by atoms with Crippen LogP contribution in [0.2, 0.25) is 10.0 Å². The number of nitrogens with zero attached hydrogens (tertiary/aromatic N) is 2. The van der Waals surface area contributed by atoms with Crippen LogP contribution < -0.4 is 10.6 Å². The summed E-state index contributed by atoms with van der Waals surface area (Å²) in [5.74, 6) is 1.34. The molecule has 0 radical (unpaired) electrons. The quantitative estimate of drug-likeness (QED) is 0.576. The molecule has 7 heteroatoms. The Balaban J connectivity index is 1.44. The fourth-order valence-corrected chi connectivity index (χ4v) is 4.56. The maximum absolute atomic E-state index is 12.6. The summed E-state index contributed by atoms with van der Waals surface area (Å²) in [4.78, 5) is 18.9. The zero-order valence-corrected chi connectivity index (χ0v) is 17.3. The second kappa shape index (κ2) is 9.65. The summed E-state index contributed by atoms with van der Waals surface area (Å²) in [5.41, 5.74) is 0.943. The first-order valence-electron chi connectivity index (χ1n) is 9.77. The van der Waals surface area contributed by atoms with E-state index < -0.39 is 0 Å². The van der Waals surface area contributed by atoms with Gasteiger partial charge in [-0.1, -0.05) is 42.1 Å². The van der Waals surface area contributed by atoms with Crippen LogP contribution >= 0.6 is 23.2 Å². The van der Waals surface area contributed by atoms with Gasteiger partial charge in [0.05, 0.1) is 0 Å². The van der Waals surface area contributed by atoms with Crippen LogP contribution in [0.4, 0.5) is 0 Å². The first-order valence-corrected chi connectivity index (χ1v) is 10.5. The summed E-state index contributed by atoms with van der Waals surface area (Å²) in [6, 6.07) is 5.79. The van der Waals surface area contributed by atoms with Crippen molar-refractivity contribution in [3.63, 3.8) is 0 Å². The molecule has 2 aliphatic rings. The van der Waals surface area contributed by atoms with Crippen molar-refractivity contribution >= 4 is 35.1 Å². The third kappa shape index (κ3) is 5.29. The van der Waals surface area contributed by atoms with Gasteiger partial charge in [-0.25, -0.2) is 0 Å². The second-order valence-corrected chi connectivity index (χ2v) is 8.16. The van der Waals surface area contributed by atoms with Crippen molar-refractivity contribution in [1.82, 2.24) is 15.5 Å². The molecule has 148 valence electrons. The summed E-state index contributed by atoms with van der Waals surface area (Å²) in [7, 11) is 1.76. The van der Waals surface area contributed by atoms with Crippen LogP contribution in [0.25, 0.3) is 0 Å². The summed E-state index contributed by atoms with van der Waals surface area (Å²) in [6.45, 7) is 2.27. The molecular weight excluding hydrogens is 383 g/mol. The van der Waals surface area contributed by atoms with Gasteiger partial charge in [-0.3, -0.25) is 9.79 Å². The minimum atomic E-state index is 0.241. The van der Waals surface area contributed by atoms with E-state index in [2.05, 4.69) is 15.6 Å². The maximum Gasteiger partial charge on any atom is 0.225 e. The molecular formula is C20H28Cl2N4O. The Bertz CT molecular complexity index is 668. The zero-order chi connectivity index (χ0) is 19.2. The molecule has 1 saturated carbocycles. The Kier molecular flexibility index (Phi) is 7.25. The van der Waals surface area contributed by atoms with Gasteiger partial charge in [0.2, 0.25) is 5.91 Å². The molecule has 3 rings (SSSR count). The van der Waals surface area contributed by atoms with E-state index in [1.807, 2.05) is 23.1 Å². The molecule has 1 heterocycles. The van der Waals surface area contributed by atoms with E-state index in [1.165, 1.54) is 12.8 Å². The van der Waals surface area contributed by atoms with E-state index in [-0.39, 0.29) is 12.0 Å². The van der Waals surface area contributed by atoms with Crippen LogP contribution in [-0.4, -0.2) is 49.5 Å². The Morgan fingerprint density at radius 3 is 2.59 bits per heavy atom. The van der Waals surface area contributed by atoms with Crippen LogP contribution in [0.5, 0.6) is 0 Å². The number of carbonyl (C=O) groups excluding carboxylic acids is 1. The van der Waals surface area contributed by atoms with E-state index in [0.29, 0.717) is 22.5 Å². The number of benzene rings is 1. The average Bonchev–Trinajstić information content (AvgIpc) is 3.34. The lowest BCUT2D eigenvalue weighted by molar-refractivity contribution is -0.134. The first kappa shape index (κ1) is 20.3. The average molecular weight is 411 g/mol. The van der Waals surface area contributed by atoms with Crippen molar-refractivity contribution in [3.8, 4) is 0 Å². The first-order chi connectivity index (χ1) is 13.1. The van der Waals surface area contributed by atoms with E-state index in [1.54, 1.807) is 7.05 Å². The molecule has 1 amide bonds. The number of hydrogen-bond donors (Lipinski definition) is 2. The molecule has 0 aromatic heterocycles. The topological polar surface area (TPSA) is 56.7 Å². The predicted molar refractivity (Wildman–Crippen MR) is 112 cm³/mol. The van der Waals surface area contributed by atoms with Gasteiger partial charge in [-0.15, -0.1) is 0 Å². The minimum Gasteiger partial charge on any atom is -0.356 e. The lowest BCUT2D eigenvalue weighted by Crippen LogP contribution is -2.45. The van der Waals surface area contributed by atoms with Gasteiger partial charge in [-0.05, 0) is 43.4 Å². The smallest absolute Gasteiger partial charge is 0.225 e. The molecule has 2 N–H and O–H groups in total. The minimum absolute atomic E-state index is 0.241. The molecule has 1 aromatic carbocycles. The summed E-state index contributed by atoms with van der Waals surface area (Å²) < 4.78 is 0. The summed E-state index contributed by atoms with van der Waals surface area (Å²) in [6.07, 6.45) is 6.17. The van der Waals surface area contributed by atoms with Gasteiger partial charge < -0.3 is 15.5 Å². The zero-order valence-electron chi connectivity index (χ0n) is 15.8. The van der Waals surface area contributed by atoms with Crippen LogP contribution in [0.3, 0.4) is 0 Å². The highest BCUT2D eigenvalue weighted by atomic mass is 35.5. The number of aliphatic imine (C=N–C) groups is 1. The van der Waals surface area contributed by atoms with E-state index in [4.69, 9.17) is 23.2 Å². The van der Waals surface area contributed by atoms with Crippen molar-refractivity contribution < 1.29 is 4.79 Å². The molecule has 27 heavy (non-hydrogen) atoms. The third-order valence-corrected chi connectivity index (χ3v) is 6.21. The molecule has 0 spiro atoms. The molecule has 0 bridgehead atoms. The maximum atomic E-state index is 12.6. The van der Waals surface area contributed by atoms with Gasteiger partial charge in [0, 0.05) is 48.7 Å². The van der Waals surface area contributed by atoms with Crippen molar-refractivity contribution in [3.05, 3.63) is 33.8 Å². The van der Waals surface area contributed by atoms with Gasteiger partial charge in [0.15, 0.2) is 5.96 Å².